The number of esters is 1. The largest absolute Gasteiger partial charge is 0.504 e. The predicted octanol–water partition coefficient (Wildman–Crippen LogP) is 5.18. The number of hydrogen-bond acceptors (Lipinski definition) is 5. The van der Waals surface area contributed by atoms with Crippen molar-refractivity contribution in [1.29, 1.82) is 0 Å². The standard InChI is InChI=1S/C28H35NO5/c1-4-19-14-20-7-9-23(19)28(27(20)21-11-12-29-16-21)26(34-17(2)30)15-22(31)8-5-18-6-10-24(32)25(13-18)33-3/h6-7,9-13,16,19-20,23,26-29,32H,4-5,8,14-15H2,1-3H3. The third kappa shape index (κ3) is 5.06. The van der Waals surface area contributed by atoms with Gasteiger partial charge in [0.2, 0.25) is 0 Å². The highest BCUT2D eigenvalue weighted by molar-refractivity contribution is 5.79. The van der Waals surface area contributed by atoms with E-state index < -0.39 is 6.10 Å². The Kier molecular flexibility index (Phi) is 7.44. The van der Waals surface area contributed by atoms with Gasteiger partial charge in [0, 0.05) is 38.1 Å². The summed E-state index contributed by atoms with van der Waals surface area (Å²) in [6.45, 7) is 3.65. The highest BCUT2D eigenvalue weighted by Crippen LogP contribution is 2.55. The van der Waals surface area contributed by atoms with E-state index >= 15 is 0 Å². The first-order valence-electron chi connectivity index (χ1n) is 12.3. The Bertz CT molecular complexity index is 1030. The number of rotatable bonds is 10. The SMILES string of the molecule is CCC1CC2C=CC1C(C(CC(=O)CCc1ccc(O)c(OC)c1)OC(C)=O)C2c1cc[nH]c1. The van der Waals surface area contributed by atoms with Crippen LogP contribution in [0.3, 0.4) is 0 Å². The second-order valence-electron chi connectivity index (χ2n) is 9.67. The number of aromatic hydroxyl groups is 1. The summed E-state index contributed by atoms with van der Waals surface area (Å²) in [5.41, 5.74) is 2.14. The Hall–Kier alpha value is -3.02. The molecular formula is C28H35NO5. The number of aromatic amines is 1. The summed E-state index contributed by atoms with van der Waals surface area (Å²) >= 11 is 0. The number of carbonyl (C=O) groups excluding carboxylic acids is 2. The van der Waals surface area contributed by atoms with E-state index in [4.69, 9.17) is 9.47 Å². The van der Waals surface area contributed by atoms with Crippen LogP contribution in [-0.4, -0.2) is 35.1 Å². The number of phenolic OH excluding ortho intramolecular Hbond substituents is 1. The Balaban J connectivity index is 1.53. The maximum absolute atomic E-state index is 13.1. The molecule has 6 heteroatoms. The first-order valence-corrected chi connectivity index (χ1v) is 12.3. The van der Waals surface area contributed by atoms with Crippen LogP contribution in [0.15, 0.2) is 48.8 Å². The molecule has 1 fully saturated rings. The number of nitrogens with one attached hydrogen (secondary N) is 1. The van der Waals surface area contributed by atoms with E-state index in [0.717, 1.165) is 18.4 Å². The number of aromatic nitrogens is 1. The van der Waals surface area contributed by atoms with Crippen molar-refractivity contribution >= 4 is 11.8 Å². The van der Waals surface area contributed by atoms with Gasteiger partial charge in [0.05, 0.1) is 7.11 Å². The lowest BCUT2D eigenvalue weighted by Crippen LogP contribution is -2.47. The van der Waals surface area contributed by atoms with Crippen LogP contribution >= 0.6 is 0 Å². The smallest absolute Gasteiger partial charge is 0.302 e. The number of carbonyl (C=O) groups is 2. The number of H-pyrrole nitrogens is 1. The molecule has 2 bridgehead atoms. The lowest BCUT2D eigenvalue weighted by atomic mass is 9.54. The molecule has 0 spiro atoms. The summed E-state index contributed by atoms with van der Waals surface area (Å²) < 4.78 is 11.1. The lowest BCUT2D eigenvalue weighted by Gasteiger charge is -2.51. The van der Waals surface area contributed by atoms with Gasteiger partial charge in [-0.3, -0.25) is 9.59 Å². The van der Waals surface area contributed by atoms with Gasteiger partial charge in [0.15, 0.2) is 11.5 Å². The summed E-state index contributed by atoms with van der Waals surface area (Å²) in [6, 6.07) is 7.24. The van der Waals surface area contributed by atoms with Gasteiger partial charge in [-0.15, -0.1) is 0 Å². The van der Waals surface area contributed by atoms with Crippen molar-refractivity contribution in [3.8, 4) is 11.5 Å². The molecule has 1 aromatic carbocycles. The van der Waals surface area contributed by atoms with Gasteiger partial charge in [0.25, 0.3) is 0 Å². The number of hydrogen-bond donors (Lipinski definition) is 2. The molecule has 0 aliphatic heterocycles. The normalized spacial score (nSPS) is 26.3. The van der Waals surface area contributed by atoms with Crippen LogP contribution in [0, 0.1) is 23.7 Å². The van der Waals surface area contributed by atoms with E-state index in [9.17, 15) is 14.7 Å². The Labute approximate surface area is 201 Å². The molecule has 0 saturated heterocycles. The fourth-order valence-electron chi connectivity index (χ4n) is 6.14. The van der Waals surface area contributed by atoms with Gasteiger partial charge in [-0.1, -0.05) is 31.6 Å². The molecule has 0 amide bonds. The monoisotopic (exact) mass is 465 g/mol. The van der Waals surface area contributed by atoms with Crippen LogP contribution in [0.25, 0.3) is 0 Å². The molecule has 1 saturated carbocycles. The van der Waals surface area contributed by atoms with Crippen molar-refractivity contribution < 1.29 is 24.2 Å². The number of ketones is 1. The minimum Gasteiger partial charge on any atom is -0.504 e. The van der Waals surface area contributed by atoms with Crippen LogP contribution in [-0.2, 0) is 20.7 Å². The average molecular weight is 466 g/mol. The van der Waals surface area contributed by atoms with Gasteiger partial charge in [-0.25, -0.2) is 0 Å². The number of methoxy groups -OCH3 is 1. The van der Waals surface area contributed by atoms with Crippen LogP contribution in [0.1, 0.15) is 56.6 Å². The quantitative estimate of drug-likeness (QED) is 0.373. The molecule has 1 aromatic heterocycles. The van der Waals surface area contributed by atoms with Crippen LogP contribution in [0.4, 0.5) is 0 Å². The Morgan fingerprint density at radius 1 is 1.24 bits per heavy atom. The number of allylic oxidation sites excluding steroid dienone is 2. The lowest BCUT2D eigenvalue weighted by molar-refractivity contribution is -0.154. The topological polar surface area (TPSA) is 88.6 Å². The van der Waals surface area contributed by atoms with E-state index in [1.54, 1.807) is 18.2 Å². The second-order valence-corrected chi connectivity index (χ2v) is 9.67. The maximum Gasteiger partial charge on any atom is 0.302 e. The fraction of sp³-hybridized carbons (Fsp3) is 0.500. The molecule has 6 unspecified atom stereocenters. The van der Waals surface area contributed by atoms with Crippen molar-refractivity contribution in [2.45, 2.75) is 58.0 Å². The minimum atomic E-state index is -0.453. The number of benzene rings is 1. The third-order valence-corrected chi connectivity index (χ3v) is 7.66. The van der Waals surface area contributed by atoms with Crippen molar-refractivity contribution in [3.63, 3.8) is 0 Å². The molecule has 5 rings (SSSR count). The number of phenols is 1. The van der Waals surface area contributed by atoms with Crippen molar-refractivity contribution in [1.82, 2.24) is 4.98 Å². The molecule has 3 aliphatic rings. The van der Waals surface area contributed by atoms with Crippen LogP contribution in [0.5, 0.6) is 11.5 Å². The first kappa shape index (κ1) is 24.1. The average Bonchev–Trinajstić information content (AvgIpc) is 3.37. The number of ether oxygens (including phenoxy) is 2. The molecule has 182 valence electrons. The highest BCUT2D eigenvalue weighted by atomic mass is 16.5. The van der Waals surface area contributed by atoms with Gasteiger partial charge in [-0.05, 0) is 65.8 Å². The van der Waals surface area contributed by atoms with E-state index in [1.807, 2.05) is 12.4 Å². The molecule has 0 radical (unpaired) electrons. The molecule has 2 aromatic rings. The van der Waals surface area contributed by atoms with Gasteiger partial charge in [-0.2, -0.15) is 0 Å². The number of fused-ring (bicyclic) bond motifs is 2. The van der Waals surface area contributed by atoms with Crippen LogP contribution in [0.2, 0.25) is 0 Å². The van der Waals surface area contributed by atoms with E-state index in [-0.39, 0.29) is 41.7 Å². The summed E-state index contributed by atoms with van der Waals surface area (Å²) in [4.78, 5) is 28.4. The maximum atomic E-state index is 13.1. The Morgan fingerprint density at radius 2 is 2.06 bits per heavy atom. The van der Waals surface area contributed by atoms with Gasteiger partial charge in [0.1, 0.15) is 11.9 Å². The number of Topliss-reactive ketones (excluding diaryl/α,β-unsaturated/α-hetero) is 1. The third-order valence-electron chi connectivity index (χ3n) is 7.66. The van der Waals surface area contributed by atoms with E-state index in [2.05, 4.69) is 30.1 Å². The zero-order valence-electron chi connectivity index (χ0n) is 20.2. The molecule has 2 N–H and O–H groups in total. The molecular weight excluding hydrogens is 430 g/mol. The Morgan fingerprint density at radius 3 is 2.74 bits per heavy atom. The van der Waals surface area contributed by atoms with Gasteiger partial charge >= 0.3 is 5.97 Å². The first-order chi connectivity index (χ1) is 16.4. The van der Waals surface area contributed by atoms with E-state index in [1.165, 1.54) is 19.6 Å². The molecule has 6 nitrogen and oxygen atoms in total. The minimum absolute atomic E-state index is 0.0737. The molecule has 34 heavy (non-hydrogen) atoms. The summed E-state index contributed by atoms with van der Waals surface area (Å²) in [5, 5.41) is 9.81. The van der Waals surface area contributed by atoms with Crippen molar-refractivity contribution in [2.75, 3.05) is 7.11 Å². The summed E-state index contributed by atoms with van der Waals surface area (Å²) in [7, 11) is 1.50. The molecule has 1 heterocycles. The zero-order chi connectivity index (χ0) is 24.2. The van der Waals surface area contributed by atoms with Crippen LogP contribution < -0.4 is 4.74 Å². The molecule has 3 aliphatic carbocycles. The number of aryl methyl sites for hydroxylation is 1. The second kappa shape index (κ2) is 10.5. The highest BCUT2D eigenvalue weighted by Gasteiger charge is 2.50. The fourth-order valence-corrected chi connectivity index (χ4v) is 6.14. The van der Waals surface area contributed by atoms with Crippen molar-refractivity contribution in [3.05, 3.63) is 59.9 Å². The summed E-state index contributed by atoms with van der Waals surface area (Å²) in [6.07, 6.45) is 11.5. The summed E-state index contributed by atoms with van der Waals surface area (Å²) in [5.74, 6) is 1.71. The molecule has 6 atom stereocenters. The van der Waals surface area contributed by atoms with Crippen molar-refractivity contribution in [2.24, 2.45) is 23.7 Å². The van der Waals surface area contributed by atoms with Gasteiger partial charge < -0.3 is 19.6 Å². The van der Waals surface area contributed by atoms with E-state index in [0.29, 0.717) is 30.4 Å². The zero-order valence-corrected chi connectivity index (χ0v) is 20.2. The predicted molar refractivity (Wildman–Crippen MR) is 130 cm³/mol.